The van der Waals surface area contributed by atoms with E-state index in [1.165, 1.54) is 11.1 Å². The summed E-state index contributed by atoms with van der Waals surface area (Å²) in [6, 6.07) is 5.19. The van der Waals surface area contributed by atoms with Crippen molar-refractivity contribution < 1.29 is 31.4 Å². The molecule has 0 amide bonds. The molecular weight excluding hydrogens is 516 g/mol. The number of nitrogens with one attached hydrogen (secondary N) is 2. The second-order valence-electron chi connectivity index (χ2n) is 6.20. The number of nitrogens with zero attached hydrogens (tertiary/aromatic N) is 2. The largest absolute Gasteiger partial charge is 0.507 e. The maximum Gasteiger partial charge on any atom is 0.440 e. The van der Waals surface area contributed by atoms with Crippen molar-refractivity contribution >= 4 is 33.2 Å². The predicted molar refractivity (Wildman–Crippen MR) is 110 cm³/mol. The molecule has 0 unspecified atom stereocenters. The molecule has 3 aromatic rings. The number of alkyl halides is 3. The minimum atomic E-state index is -5.13. The lowest BCUT2D eigenvalue weighted by Crippen LogP contribution is -2.37. The number of ether oxygens (including phenoxy) is 1. The molecule has 2 aromatic carbocycles. The number of sulfonamides is 1. The molecule has 176 valence electrons. The van der Waals surface area contributed by atoms with Crippen LogP contribution in [-0.4, -0.2) is 35.3 Å². The van der Waals surface area contributed by atoms with Gasteiger partial charge in [0.2, 0.25) is 15.7 Å². The Morgan fingerprint density at radius 3 is 2.30 bits per heavy atom. The van der Waals surface area contributed by atoms with Gasteiger partial charge in [-0.25, -0.2) is 17.9 Å². The van der Waals surface area contributed by atoms with Crippen molar-refractivity contribution in [3.63, 3.8) is 0 Å². The van der Waals surface area contributed by atoms with Crippen LogP contribution in [0.1, 0.15) is 5.69 Å². The van der Waals surface area contributed by atoms with Crippen molar-refractivity contribution in [2.75, 3.05) is 7.05 Å². The number of hydrogen-bond donors (Lipinski definition) is 3. The topological polar surface area (TPSA) is 143 Å². The minimum Gasteiger partial charge on any atom is -0.507 e. The molecule has 1 aromatic heterocycles. The van der Waals surface area contributed by atoms with E-state index in [4.69, 9.17) is 27.9 Å². The summed E-state index contributed by atoms with van der Waals surface area (Å²) in [5.41, 5.74) is -5.19. The number of aromatic nitrogens is 3. The van der Waals surface area contributed by atoms with Gasteiger partial charge in [-0.3, -0.25) is 9.78 Å². The number of phenols is 1. The number of hydrogen-bond acceptors (Lipinski definition) is 7. The van der Waals surface area contributed by atoms with E-state index in [0.29, 0.717) is 0 Å². The molecule has 0 aliphatic rings. The highest BCUT2D eigenvalue weighted by Gasteiger charge is 2.37. The molecule has 0 atom stereocenters. The van der Waals surface area contributed by atoms with Crippen LogP contribution in [0.2, 0.25) is 10.0 Å². The van der Waals surface area contributed by atoms with E-state index in [9.17, 15) is 36.3 Å². The molecule has 0 saturated carbocycles. The van der Waals surface area contributed by atoms with E-state index in [-0.39, 0.29) is 31.9 Å². The van der Waals surface area contributed by atoms with Gasteiger partial charge in [0.1, 0.15) is 16.4 Å². The average Bonchev–Trinajstić information content (AvgIpc) is 2.70. The van der Waals surface area contributed by atoms with Gasteiger partial charge in [0.15, 0.2) is 5.75 Å². The first-order valence-electron chi connectivity index (χ1n) is 8.49. The fourth-order valence-electron chi connectivity index (χ4n) is 2.53. The number of rotatable bonds is 5. The molecule has 0 radical (unpaired) electrons. The fourth-order valence-corrected chi connectivity index (χ4v) is 3.92. The third-order valence-electron chi connectivity index (χ3n) is 4.03. The monoisotopic (exact) mass is 526 g/mol. The molecule has 33 heavy (non-hydrogen) atoms. The van der Waals surface area contributed by atoms with E-state index < -0.39 is 43.8 Å². The molecule has 0 aliphatic carbocycles. The highest BCUT2D eigenvalue weighted by atomic mass is 35.5. The Morgan fingerprint density at radius 1 is 1.15 bits per heavy atom. The zero-order valence-electron chi connectivity index (χ0n) is 16.1. The van der Waals surface area contributed by atoms with Crippen LogP contribution in [0.15, 0.2) is 44.8 Å². The zero-order valence-corrected chi connectivity index (χ0v) is 18.4. The third kappa shape index (κ3) is 4.98. The van der Waals surface area contributed by atoms with Crippen LogP contribution in [0.4, 0.5) is 13.2 Å². The summed E-state index contributed by atoms with van der Waals surface area (Å²) < 4.78 is 70.7. The van der Waals surface area contributed by atoms with Gasteiger partial charge in [-0.2, -0.15) is 23.0 Å². The first kappa shape index (κ1) is 24.6. The Morgan fingerprint density at radius 2 is 1.76 bits per heavy atom. The van der Waals surface area contributed by atoms with Crippen molar-refractivity contribution in [2.45, 2.75) is 11.1 Å². The maximum atomic E-state index is 13.0. The molecule has 0 spiro atoms. The lowest BCUT2D eigenvalue weighted by molar-refractivity contribution is -0.143. The molecule has 0 aliphatic heterocycles. The molecule has 0 fully saturated rings. The molecule has 0 saturated heterocycles. The Balaban J connectivity index is 2.07. The number of phenolic OH excluding ortho intramolecular Hbond substituents is 1. The quantitative estimate of drug-likeness (QED) is 0.463. The number of aromatic amines is 1. The summed E-state index contributed by atoms with van der Waals surface area (Å²) in [7, 11) is -2.91. The van der Waals surface area contributed by atoms with Crippen LogP contribution in [0.5, 0.6) is 17.2 Å². The summed E-state index contributed by atoms with van der Waals surface area (Å²) in [5, 5.41) is 12.2. The molecule has 10 nitrogen and oxygen atoms in total. The van der Waals surface area contributed by atoms with Crippen LogP contribution in [0.25, 0.3) is 5.69 Å². The van der Waals surface area contributed by atoms with Gasteiger partial charge in [-0.1, -0.05) is 23.2 Å². The van der Waals surface area contributed by atoms with Gasteiger partial charge in [0, 0.05) is 6.07 Å². The second kappa shape index (κ2) is 8.70. The number of aromatic hydroxyl groups is 1. The Kier molecular flexibility index (Phi) is 6.48. The molecular formula is C17H11Cl2F3N4O6S. The zero-order chi connectivity index (χ0) is 24.7. The second-order valence-corrected chi connectivity index (χ2v) is 8.86. The van der Waals surface area contributed by atoms with E-state index in [2.05, 4.69) is 5.10 Å². The smallest absolute Gasteiger partial charge is 0.440 e. The highest BCUT2D eigenvalue weighted by Crippen LogP contribution is 2.39. The van der Waals surface area contributed by atoms with E-state index >= 15 is 0 Å². The van der Waals surface area contributed by atoms with Crippen molar-refractivity contribution in [1.82, 2.24) is 19.5 Å². The van der Waals surface area contributed by atoms with E-state index in [1.807, 2.05) is 4.72 Å². The van der Waals surface area contributed by atoms with Crippen molar-refractivity contribution in [2.24, 2.45) is 0 Å². The molecule has 1 heterocycles. The van der Waals surface area contributed by atoms with Crippen molar-refractivity contribution in [3.05, 3.63) is 66.9 Å². The van der Waals surface area contributed by atoms with Gasteiger partial charge in [-0.05, 0) is 31.3 Å². The summed E-state index contributed by atoms with van der Waals surface area (Å²) in [5.74, 6) is -0.917. The molecule has 0 bridgehead atoms. The Labute approximate surface area is 192 Å². The van der Waals surface area contributed by atoms with Crippen LogP contribution in [0, 0.1) is 0 Å². The van der Waals surface area contributed by atoms with Gasteiger partial charge < -0.3 is 9.84 Å². The van der Waals surface area contributed by atoms with Crippen molar-refractivity contribution in [3.8, 4) is 22.9 Å². The summed E-state index contributed by atoms with van der Waals surface area (Å²) in [6.07, 6.45) is -5.13. The maximum absolute atomic E-state index is 13.0. The Hall–Kier alpha value is -3.07. The van der Waals surface area contributed by atoms with Crippen LogP contribution >= 0.6 is 23.2 Å². The summed E-state index contributed by atoms with van der Waals surface area (Å²) >= 11 is 12.2. The summed E-state index contributed by atoms with van der Waals surface area (Å²) in [4.78, 5) is 24.4. The SMILES string of the molecule is CNS(=O)(=O)c1cc(Oc2c(Cl)cc(-n3nc(C(F)(F)F)c(=O)[nH]c3=O)cc2Cl)ccc1O. The molecule has 16 heteroatoms. The predicted octanol–water partition coefficient (Wildman–Crippen LogP) is 2.65. The standard InChI is InChI=1S/C17H11Cl2F3N4O6S/c1-23-33(30,31)12-6-8(2-3-11(12)27)32-13-9(18)4-7(5-10(13)19)26-16(29)24-15(28)14(25-26)17(20,21)22/h2-6,23,27H,1H3,(H,24,28,29). The van der Waals surface area contributed by atoms with Crippen LogP contribution < -0.4 is 20.7 Å². The highest BCUT2D eigenvalue weighted by molar-refractivity contribution is 7.89. The first-order chi connectivity index (χ1) is 15.2. The summed E-state index contributed by atoms with van der Waals surface area (Å²) in [6.45, 7) is 0. The van der Waals surface area contributed by atoms with E-state index in [0.717, 1.165) is 31.3 Å². The fraction of sp³-hybridized carbons (Fsp3) is 0.118. The van der Waals surface area contributed by atoms with Gasteiger partial charge in [-0.15, -0.1) is 0 Å². The van der Waals surface area contributed by atoms with Gasteiger partial charge >= 0.3 is 11.9 Å². The van der Waals surface area contributed by atoms with Crippen LogP contribution in [0.3, 0.4) is 0 Å². The minimum absolute atomic E-state index is 0.114. The third-order valence-corrected chi connectivity index (χ3v) is 6.04. The number of benzene rings is 2. The lowest BCUT2D eigenvalue weighted by atomic mass is 10.3. The van der Waals surface area contributed by atoms with Gasteiger partial charge in [0.05, 0.1) is 15.7 Å². The van der Waals surface area contributed by atoms with Crippen molar-refractivity contribution in [1.29, 1.82) is 0 Å². The molecule has 3 rings (SSSR count). The lowest BCUT2D eigenvalue weighted by Gasteiger charge is -2.14. The average molecular weight is 527 g/mol. The number of halogens is 5. The molecule has 3 N–H and O–H groups in total. The van der Waals surface area contributed by atoms with E-state index in [1.54, 1.807) is 0 Å². The number of H-pyrrole nitrogens is 1. The normalized spacial score (nSPS) is 12.1. The van der Waals surface area contributed by atoms with Crippen LogP contribution in [-0.2, 0) is 16.2 Å². The first-order valence-corrected chi connectivity index (χ1v) is 10.7. The Bertz CT molecular complexity index is 1450. The van der Waals surface area contributed by atoms with Gasteiger partial charge in [0.25, 0.3) is 5.56 Å².